The first-order chi connectivity index (χ1) is 14.0. The Labute approximate surface area is 166 Å². The summed E-state index contributed by atoms with van der Waals surface area (Å²) in [6, 6.07) is 10.8. The maximum atomic E-state index is 13.1. The van der Waals surface area contributed by atoms with Crippen molar-refractivity contribution in [1.82, 2.24) is 9.55 Å². The number of rotatable bonds is 4. The Bertz CT molecular complexity index is 1190. The predicted molar refractivity (Wildman–Crippen MR) is 109 cm³/mol. The first kappa shape index (κ1) is 18.8. The van der Waals surface area contributed by atoms with Gasteiger partial charge < -0.3 is 19.8 Å². The third-order valence-electron chi connectivity index (χ3n) is 4.82. The number of para-hydroxylation sites is 1. The van der Waals surface area contributed by atoms with E-state index in [0.717, 1.165) is 4.57 Å². The smallest absolute Gasteiger partial charge is 0.329 e. The summed E-state index contributed by atoms with van der Waals surface area (Å²) in [4.78, 5) is 41.4. The topological polar surface area (TPSA) is 102 Å². The number of nitrogens with one attached hydrogen (secondary N) is 2. The zero-order chi connectivity index (χ0) is 20.5. The number of benzene rings is 2. The molecule has 1 aliphatic rings. The maximum Gasteiger partial charge on any atom is 0.329 e. The van der Waals surface area contributed by atoms with E-state index in [1.165, 1.54) is 0 Å². The number of hydrogen-bond donors (Lipinski definition) is 2. The maximum absolute atomic E-state index is 13.1. The third kappa shape index (κ3) is 3.49. The molecule has 0 aliphatic carbocycles. The number of amides is 1. The van der Waals surface area contributed by atoms with Crippen molar-refractivity contribution >= 4 is 22.5 Å². The van der Waals surface area contributed by atoms with Crippen molar-refractivity contribution in [3.8, 4) is 11.5 Å². The molecule has 2 N–H and O–H groups in total. The van der Waals surface area contributed by atoms with Gasteiger partial charge in [0.25, 0.3) is 5.56 Å². The van der Waals surface area contributed by atoms with E-state index in [1.807, 2.05) is 0 Å². The zero-order valence-electron chi connectivity index (χ0n) is 16.1. The molecule has 8 heteroatoms. The summed E-state index contributed by atoms with van der Waals surface area (Å²) in [5, 5.41) is 3.14. The molecule has 29 heavy (non-hydrogen) atoms. The molecule has 8 nitrogen and oxygen atoms in total. The number of fused-ring (bicyclic) bond motifs is 2. The van der Waals surface area contributed by atoms with Crippen molar-refractivity contribution in [3.05, 3.63) is 63.3 Å². The fourth-order valence-electron chi connectivity index (χ4n) is 3.48. The molecular formula is C21H21N3O5. The van der Waals surface area contributed by atoms with Crippen molar-refractivity contribution in [2.45, 2.75) is 19.9 Å². The SMILES string of the molecule is CC(C)[C@H](C(=O)Nc1ccc2c(c1)OCCO2)n1c(=O)[nH]c2ccccc2c1=O. The van der Waals surface area contributed by atoms with E-state index in [0.29, 0.717) is 41.3 Å². The molecule has 1 aliphatic heterocycles. The first-order valence-electron chi connectivity index (χ1n) is 9.40. The highest BCUT2D eigenvalue weighted by Gasteiger charge is 2.28. The highest BCUT2D eigenvalue weighted by Crippen LogP contribution is 2.33. The summed E-state index contributed by atoms with van der Waals surface area (Å²) < 4.78 is 12.0. The fourth-order valence-corrected chi connectivity index (χ4v) is 3.48. The van der Waals surface area contributed by atoms with Crippen molar-refractivity contribution in [2.24, 2.45) is 5.92 Å². The number of carbonyl (C=O) groups is 1. The minimum absolute atomic E-state index is 0.299. The first-order valence-corrected chi connectivity index (χ1v) is 9.40. The monoisotopic (exact) mass is 395 g/mol. The van der Waals surface area contributed by atoms with Crippen LogP contribution in [0, 0.1) is 5.92 Å². The zero-order valence-corrected chi connectivity index (χ0v) is 16.1. The molecule has 1 atom stereocenters. The van der Waals surface area contributed by atoms with Gasteiger partial charge in [0.15, 0.2) is 11.5 Å². The molecule has 0 fully saturated rings. The van der Waals surface area contributed by atoms with Crippen LogP contribution in [0.4, 0.5) is 5.69 Å². The minimum atomic E-state index is -0.982. The van der Waals surface area contributed by atoms with Crippen LogP contribution in [0.5, 0.6) is 11.5 Å². The number of H-pyrrole nitrogens is 1. The molecule has 2 heterocycles. The second kappa shape index (κ2) is 7.46. The molecular weight excluding hydrogens is 374 g/mol. The van der Waals surface area contributed by atoms with Gasteiger partial charge in [0.05, 0.1) is 10.9 Å². The van der Waals surface area contributed by atoms with Crippen LogP contribution in [0.25, 0.3) is 10.9 Å². The lowest BCUT2D eigenvalue weighted by Gasteiger charge is -2.23. The number of nitrogens with zero attached hydrogens (tertiary/aromatic N) is 1. The predicted octanol–water partition coefficient (Wildman–Crippen LogP) is 2.30. The largest absolute Gasteiger partial charge is 0.486 e. The Kier molecular flexibility index (Phi) is 4.84. The average Bonchev–Trinajstić information content (AvgIpc) is 2.70. The molecule has 3 aromatic rings. The molecule has 1 aromatic heterocycles. The van der Waals surface area contributed by atoms with Crippen LogP contribution in [0.3, 0.4) is 0 Å². The number of aromatic amines is 1. The van der Waals surface area contributed by atoms with Crippen molar-refractivity contribution in [1.29, 1.82) is 0 Å². The van der Waals surface area contributed by atoms with E-state index in [4.69, 9.17) is 9.47 Å². The van der Waals surface area contributed by atoms with Gasteiger partial charge in [-0.3, -0.25) is 9.59 Å². The van der Waals surface area contributed by atoms with Gasteiger partial charge in [-0.2, -0.15) is 0 Å². The second-order valence-corrected chi connectivity index (χ2v) is 7.19. The average molecular weight is 395 g/mol. The van der Waals surface area contributed by atoms with Crippen molar-refractivity contribution in [2.75, 3.05) is 18.5 Å². The summed E-state index contributed by atoms with van der Waals surface area (Å²) in [6.07, 6.45) is 0. The number of ether oxygens (including phenoxy) is 2. The molecule has 0 spiro atoms. The fraction of sp³-hybridized carbons (Fsp3) is 0.286. The standard InChI is InChI=1S/C21H21N3O5/c1-12(2)18(24-20(26)14-5-3-4-6-15(14)23-21(24)27)19(25)22-13-7-8-16-17(11-13)29-10-9-28-16/h3-8,11-12,18H,9-10H2,1-2H3,(H,22,25)(H,23,27)/t18-/m1/s1. The van der Waals surface area contributed by atoms with E-state index < -0.39 is 23.2 Å². The van der Waals surface area contributed by atoms with Crippen LogP contribution in [0.15, 0.2) is 52.1 Å². The van der Waals surface area contributed by atoms with Gasteiger partial charge in [-0.05, 0) is 30.2 Å². The molecule has 1 amide bonds. The quantitative estimate of drug-likeness (QED) is 0.706. The van der Waals surface area contributed by atoms with Gasteiger partial charge in [-0.25, -0.2) is 9.36 Å². The lowest BCUT2D eigenvalue weighted by Crippen LogP contribution is -2.44. The Balaban J connectivity index is 1.72. The molecule has 2 aromatic carbocycles. The van der Waals surface area contributed by atoms with Crippen LogP contribution >= 0.6 is 0 Å². The van der Waals surface area contributed by atoms with E-state index in [2.05, 4.69) is 10.3 Å². The number of hydrogen-bond acceptors (Lipinski definition) is 5. The molecule has 0 saturated heterocycles. The van der Waals surface area contributed by atoms with E-state index in [-0.39, 0.29) is 5.92 Å². The van der Waals surface area contributed by atoms with E-state index in [1.54, 1.807) is 56.3 Å². The summed E-state index contributed by atoms with van der Waals surface area (Å²) in [5.41, 5.74) is -0.186. The molecule has 150 valence electrons. The van der Waals surface area contributed by atoms with Crippen molar-refractivity contribution in [3.63, 3.8) is 0 Å². The molecule has 0 saturated carbocycles. The van der Waals surface area contributed by atoms with Crippen LogP contribution in [0.2, 0.25) is 0 Å². The Hall–Kier alpha value is -3.55. The van der Waals surface area contributed by atoms with Crippen LogP contribution in [0.1, 0.15) is 19.9 Å². The number of carbonyl (C=O) groups excluding carboxylic acids is 1. The summed E-state index contributed by atoms with van der Waals surface area (Å²) in [7, 11) is 0. The molecule has 0 unspecified atom stereocenters. The third-order valence-corrected chi connectivity index (χ3v) is 4.82. The Morgan fingerprint density at radius 1 is 1.07 bits per heavy atom. The highest BCUT2D eigenvalue weighted by molar-refractivity contribution is 5.94. The molecule has 4 rings (SSSR count). The van der Waals surface area contributed by atoms with Crippen LogP contribution in [-0.4, -0.2) is 28.7 Å². The van der Waals surface area contributed by atoms with E-state index in [9.17, 15) is 14.4 Å². The highest BCUT2D eigenvalue weighted by atomic mass is 16.6. The van der Waals surface area contributed by atoms with Gasteiger partial charge in [0, 0.05) is 11.8 Å². The van der Waals surface area contributed by atoms with Gasteiger partial charge in [0.1, 0.15) is 19.3 Å². The van der Waals surface area contributed by atoms with Crippen LogP contribution in [-0.2, 0) is 4.79 Å². The summed E-state index contributed by atoms with van der Waals surface area (Å²) >= 11 is 0. The second-order valence-electron chi connectivity index (χ2n) is 7.19. The van der Waals surface area contributed by atoms with Crippen molar-refractivity contribution < 1.29 is 14.3 Å². The lowest BCUT2D eigenvalue weighted by atomic mass is 10.0. The minimum Gasteiger partial charge on any atom is -0.486 e. The van der Waals surface area contributed by atoms with Gasteiger partial charge in [-0.15, -0.1) is 0 Å². The van der Waals surface area contributed by atoms with Crippen LogP contribution < -0.4 is 26.0 Å². The van der Waals surface area contributed by atoms with Gasteiger partial charge in [-0.1, -0.05) is 26.0 Å². The Morgan fingerprint density at radius 3 is 2.55 bits per heavy atom. The normalized spacial score (nSPS) is 14.0. The summed E-state index contributed by atoms with van der Waals surface area (Å²) in [6.45, 7) is 4.48. The van der Waals surface area contributed by atoms with E-state index >= 15 is 0 Å². The molecule has 0 radical (unpaired) electrons. The Morgan fingerprint density at radius 2 is 1.79 bits per heavy atom. The lowest BCUT2D eigenvalue weighted by molar-refractivity contribution is -0.120. The summed E-state index contributed by atoms with van der Waals surface area (Å²) in [5.74, 6) is 0.388. The number of anilines is 1. The number of aromatic nitrogens is 2. The van der Waals surface area contributed by atoms with Gasteiger partial charge >= 0.3 is 5.69 Å². The van der Waals surface area contributed by atoms with Gasteiger partial charge in [0.2, 0.25) is 5.91 Å². The molecule has 0 bridgehead atoms.